The fourth-order valence-electron chi connectivity index (χ4n) is 1.34. The van der Waals surface area contributed by atoms with Gasteiger partial charge in [0.2, 0.25) is 0 Å². The summed E-state index contributed by atoms with van der Waals surface area (Å²) in [5.41, 5.74) is 6.24. The van der Waals surface area contributed by atoms with E-state index in [2.05, 4.69) is 15.3 Å². The lowest BCUT2D eigenvalue weighted by atomic mass is 9.98. The number of nitrogen functional groups attached to an aromatic ring is 1. The SMILES string of the molecule is Cc1c(N)nc(C(C)C)nc1NC(C)(C)C(C)O. The Morgan fingerprint density at radius 2 is 1.78 bits per heavy atom. The van der Waals surface area contributed by atoms with Gasteiger partial charge in [0.05, 0.1) is 11.6 Å². The lowest BCUT2D eigenvalue weighted by Gasteiger charge is -2.31. The van der Waals surface area contributed by atoms with E-state index in [0.717, 1.165) is 5.56 Å². The molecule has 5 heteroatoms. The van der Waals surface area contributed by atoms with Gasteiger partial charge in [0.15, 0.2) is 0 Å². The van der Waals surface area contributed by atoms with E-state index < -0.39 is 11.6 Å². The maximum absolute atomic E-state index is 9.74. The summed E-state index contributed by atoms with van der Waals surface area (Å²) in [7, 11) is 0. The van der Waals surface area contributed by atoms with Crippen LogP contribution in [0.2, 0.25) is 0 Å². The second-order valence-corrected chi connectivity index (χ2v) is 5.62. The predicted octanol–water partition coefficient (Wildman–Crippen LogP) is 2.06. The van der Waals surface area contributed by atoms with E-state index in [1.165, 1.54) is 0 Å². The third-order valence-electron chi connectivity index (χ3n) is 3.20. The van der Waals surface area contributed by atoms with Crippen LogP contribution < -0.4 is 11.1 Å². The molecule has 1 aromatic heterocycles. The zero-order chi connectivity index (χ0) is 14.1. The van der Waals surface area contributed by atoms with Crippen LogP contribution in [0.25, 0.3) is 0 Å². The van der Waals surface area contributed by atoms with Crippen molar-refractivity contribution in [3.05, 3.63) is 11.4 Å². The molecule has 102 valence electrons. The predicted molar refractivity (Wildman–Crippen MR) is 74.7 cm³/mol. The van der Waals surface area contributed by atoms with Crippen molar-refractivity contribution < 1.29 is 5.11 Å². The number of nitrogens with two attached hydrogens (primary N) is 1. The van der Waals surface area contributed by atoms with E-state index in [9.17, 15) is 5.11 Å². The van der Waals surface area contributed by atoms with E-state index in [-0.39, 0.29) is 5.92 Å². The number of nitrogens with zero attached hydrogens (tertiary/aromatic N) is 2. The summed E-state index contributed by atoms with van der Waals surface area (Å²) in [6, 6.07) is 0. The van der Waals surface area contributed by atoms with Gasteiger partial charge in [0.1, 0.15) is 17.5 Å². The lowest BCUT2D eigenvalue weighted by molar-refractivity contribution is 0.133. The van der Waals surface area contributed by atoms with Crippen LogP contribution in [0.5, 0.6) is 0 Å². The Morgan fingerprint density at radius 3 is 2.22 bits per heavy atom. The average molecular weight is 252 g/mol. The van der Waals surface area contributed by atoms with E-state index in [4.69, 9.17) is 5.73 Å². The molecular formula is C13H24N4O. The van der Waals surface area contributed by atoms with Gasteiger partial charge in [-0.2, -0.15) is 0 Å². The molecule has 0 spiro atoms. The molecule has 18 heavy (non-hydrogen) atoms. The molecule has 5 nitrogen and oxygen atoms in total. The van der Waals surface area contributed by atoms with Crippen molar-refractivity contribution in [3.8, 4) is 0 Å². The first-order valence-electron chi connectivity index (χ1n) is 6.25. The molecule has 0 amide bonds. The van der Waals surface area contributed by atoms with Crippen LogP contribution in [0.1, 0.15) is 51.9 Å². The first kappa shape index (κ1) is 14.7. The normalized spacial score (nSPS) is 13.8. The molecule has 0 aliphatic rings. The quantitative estimate of drug-likeness (QED) is 0.764. The number of rotatable bonds is 4. The summed E-state index contributed by atoms with van der Waals surface area (Å²) in [5.74, 6) is 2.10. The highest BCUT2D eigenvalue weighted by atomic mass is 16.3. The number of anilines is 2. The van der Waals surface area contributed by atoms with Gasteiger partial charge in [-0.25, -0.2) is 9.97 Å². The van der Waals surface area contributed by atoms with Crippen LogP contribution in [0.4, 0.5) is 11.6 Å². The van der Waals surface area contributed by atoms with E-state index >= 15 is 0 Å². The van der Waals surface area contributed by atoms with E-state index in [0.29, 0.717) is 17.5 Å². The van der Waals surface area contributed by atoms with Gasteiger partial charge >= 0.3 is 0 Å². The first-order chi connectivity index (χ1) is 8.15. The third kappa shape index (κ3) is 3.10. The zero-order valence-electron chi connectivity index (χ0n) is 12.1. The Bertz CT molecular complexity index is 427. The van der Waals surface area contributed by atoms with E-state index in [1.54, 1.807) is 6.92 Å². The van der Waals surface area contributed by atoms with Crippen LogP contribution in [-0.4, -0.2) is 26.7 Å². The highest BCUT2D eigenvalue weighted by molar-refractivity contribution is 5.56. The summed E-state index contributed by atoms with van der Waals surface area (Å²) in [6.07, 6.45) is -0.504. The minimum atomic E-state index is -0.504. The summed E-state index contributed by atoms with van der Waals surface area (Å²) in [4.78, 5) is 8.76. The first-order valence-corrected chi connectivity index (χ1v) is 6.25. The lowest BCUT2D eigenvalue weighted by Crippen LogP contribution is -2.42. The average Bonchev–Trinajstić information content (AvgIpc) is 2.23. The fourth-order valence-corrected chi connectivity index (χ4v) is 1.34. The van der Waals surface area contributed by atoms with Gasteiger partial charge < -0.3 is 16.2 Å². The Kier molecular flexibility index (Phi) is 4.16. The monoisotopic (exact) mass is 252 g/mol. The molecule has 0 saturated carbocycles. The summed E-state index contributed by atoms with van der Waals surface area (Å²) in [5, 5.41) is 13.0. The van der Waals surface area contributed by atoms with Crippen molar-refractivity contribution in [3.63, 3.8) is 0 Å². The Labute approximate surface area is 109 Å². The van der Waals surface area contributed by atoms with Crippen LogP contribution in [0.15, 0.2) is 0 Å². The molecule has 4 N–H and O–H groups in total. The maximum atomic E-state index is 9.74. The molecule has 0 aliphatic carbocycles. The highest BCUT2D eigenvalue weighted by Crippen LogP contribution is 2.24. The molecule has 1 unspecified atom stereocenters. The second-order valence-electron chi connectivity index (χ2n) is 5.62. The van der Waals surface area contributed by atoms with Gasteiger partial charge in [0.25, 0.3) is 0 Å². The van der Waals surface area contributed by atoms with Crippen LogP contribution in [0.3, 0.4) is 0 Å². The number of aliphatic hydroxyl groups is 1. The molecule has 1 aromatic rings. The van der Waals surface area contributed by atoms with Crippen molar-refractivity contribution >= 4 is 11.6 Å². The van der Waals surface area contributed by atoms with Crippen LogP contribution >= 0.6 is 0 Å². The van der Waals surface area contributed by atoms with E-state index in [1.807, 2.05) is 34.6 Å². The molecule has 1 heterocycles. The molecule has 0 aromatic carbocycles. The van der Waals surface area contributed by atoms with Gasteiger partial charge in [-0.1, -0.05) is 13.8 Å². The Hall–Kier alpha value is -1.36. The molecule has 1 rings (SSSR count). The minimum Gasteiger partial charge on any atom is -0.391 e. The van der Waals surface area contributed by atoms with Crippen LogP contribution in [0, 0.1) is 6.92 Å². The number of hydrogen-bond donors (Lipinski definition) is 3. The summed E-state index contributed by atoms with van der Waals surface area (Å²) >= 11 is 0. The smallest absolute Gasteiger partial charge is 0.135 e. The number of hydrogen-bond acceptors (Lipinski definition) is 5. The molecular weight excluding hydrogens is 228 g/mol. The standard InChI is InChI=1S/C13H24N4O/c1-7(2)11-15-10(14)8(3)12(16-11)17-13(5,6)9(4)18/h7,9,18H,1-6H3,(H3,14,15,16,17). The van der Waals surface area contributed by atoms with Crippen molar-refractivity contribution in [2.75, 3.05) is 11.1 Å². The maximum Gasteiger partial charge on any atom is 0.135 e. The zero-order valence-corrected chi connectivity index (χ0v) is 12.1. The minimum absolute atomic E-state index is 0.211. The van der Waals surface area contributed by atoms with Gasteiger partial charge in [-0.05, 0) is 27.7 Å². The van der Waals surface area contributed by atoms with Crippen molar-refractivity contribution in [2.45, 2.75) is 59.1 Å². The largest absolute Gasteiger partial charge is 0.391 e. The number of aromatic nitrogens is 2. The Morgan fingerprint density at radius 1 is 1.22 bits per heavy atom. The van der Waals surface area contributed by atoms with Crippen molar-refractivity contribution in [2.24, 2.45) is 0 Å². The van der Waals surface area contributed by atoms with Gasteiger partial charge in [-0.15, -0.1) is 0 Å². The number of aliphatic hydroxyl groups excluding tert-OH is 1. The third-order valence-corrected chi connectivity index (χ3v) is 3.20. The molecule has 0 radical (unpaired) electrons. The van der Waals surface area contributed by atoms with Gasteiger partial charge in [-0.3, -0.25) is 0 Å². The number of nitrogens with one attached hydrogen (secondary N) is 1. The second kappa shape index (κ2) is 5.10. The summed E-state index contributed by atoms with van der Waals surface area (Å²) in [6.45, 7) is 11.5. The molecule has 0 bridgehead atoms. The topological polar surface area (TPSA) is 84.1 Å². The van der Waals surface area contributed by atoms with Crippen molar-refractivity contribution in [1.29, 1.82) is 0 Å². The molecule has 1 atom stereocenters. The fraction of sp³-hybridized carbons (Fsp3) is 0.692. The molecule has 0 fully saturated rings. The molecule has 0 aliphatic heterocycles. The van der Waals surface area contributed by atoms with Crippen LogP contribution in [-0.2, 0) is 0 Å². The Balaban J connectivity index is 3.16. The van der Waals surface area contributed by atoms with Gasteiger partial charge in [0, 0.05) is 11.5 Å². The highest BCUT2D eigenvalue weighted by Gasteiger charge is 2.25. The van der Waals surface area contributed by atoms with Crippen molar-refractivity contribution in [1.82, 2.24) is 9.97 Å². The molecule has 0 saturated heterocycles. The summed E-state index contributed by atoms with van der Waals surface area (Å²) < 4.78 is 0.